The first-order valence-corrected chi connectivity index (χ1v) is 6.04. The molecule has 0 bridgehead atoms. The quantitative estimate of drug-likeness (QED) is 0.660. The second-order valence-corrected chi connectivity index (χ2v) is 4.74. The molecule has 0 heterocycles. The molecule has 16 heavy (non-hydrogen) atoms. The Kier molecular flexibility index (Phi) is 7.34. The summed E-state index contributed by atoms with van der Waals surface area (Å²) >= 11 is 0. The molecule has 0 rings (SSSR count). The number of ether oxygens (including phenoxy) is 1. The Morgan fingerprint density at radius 3 is 2.62 bits per heavy atom. The fourth-order valence-corrected chi connectivity index (χ4v) is 1.47. The van der Waals surface area contributed by atoms with Gasteiger partial charge in [-0.05, 0) is 40.2 Å². The zero-order chi connectivity index (χ0) is 12.6. The number of amides is 1. The summed E-state index contributed by atoms with van der Waals surface area (Å²) in [5.74, 6) is 0.113. The van der Waals surface area contributed by atoms with Crippen LogP contribution in [0.4, 0.5) is 0 Å². The van der Waals surface area contributed by atoms with E-state index < -0.39 is 0 Å². The van der Waals surface area contributed by atoms with Gasteiger partial charge in [0.1, 0.15) is 0 Å². The molecule has 0 saturated carbocycles. The van der Waals surface area contributed by atoms with Gasteiger partial charge in [-0.2, -0.15) is 0 Å². The van der Waals surface area contributed by atoms with Crippen molar-refractivity contribution in [2.75, 3.05) is 19.7 Å². The van der Waals surface area contributed by atoms with E-state index in [0.29, 0.717) is 19.7 Å². The number of hydrogen-bond acceptors (Lipinski definition) is 3. The molecule has 4 nitrogen and oxygen atoms in total. The van der Waals surface area contributed by atoms with Crippen molar-refractivity contribution in [2.45, 2.75) is 46.1 Å². The topological polar surface area (TPSA) is 64.3 Å². The minimum Gasteiger partial charge on any atom is -0.374 e. The number of carbonyl (C=O) groups is 1. The summed E-state index contributed by atoms with van der Waals surface area (Å²) in [7, 11) is 0. The van der Waals surface area contributed by atoms with Gasteiger partial charge in [0.2, 0.25) is 5.91 Å². The van der Waals surface area contributed by atoms with Gasteiger partial charge >= 0.3 is 0 Å². The van der Waals surface area contributed by atoms with Crippen LogP contribution in [0.1, 0.15) is 40.5 Å². The molecule has 1 amide bonds. The fraction of sp³-hybridized carbons (Fsp3) is 0.917. The predicted molar refractivity (Wildman–Crippen MR) is 66.2 cm³/mol. The summed E-state index contributed by atoms with van der Waals surface area (Å²) in [5, 5.41) is 2.91. The molecule has 0 radical (unpaired) electrons. The van der Waals surface area contributed by atoms with E-state index in [4.69, 9.17) is 10.5 Å². The van der Waals surface area contributed by atoms with Crippen LogP contribution in [0.3, 0.4) is 0 Å². The second kappa shape index (κ2) is 7.63. The van der Waals surface area contributed by atoms with Crippen molar-refractivity contribution in [1.82, 2.24) is 5.32 Å². The summed E-state index contributed by atoms with van der Waals surface area (Å²) in [6.07, 6.45) is 1.74. The maximum absolute atomic E-state index is 11.7. The van der Waals surface area contributed by atoms with Crippen LogP contribution >= 0.6 is 0 Å². The summed E-state index contributed by atoms with van der Waals surface area (Å²) < 4.78 is 5.51. The van der Waals surface area contributed by atoms with Crippen molar-refractivity contribution in [1.29, 1.82) is 0 Å². The minimum absolute atomic E-state index is 0.0287. The number of rotatable bonds is 8. The first-order chi connectivity index (χ1) is 7.43. The highest BCUT2D eigenvalue weighted by atomic mass is 16.5. The van der Waals surface area contributed by atoms with Gasteiger partial charge in [-0.25, -0.2) is 0 Å². The molecular weight excluding hydrogens is 204 g/mol. The highest BCUT2D eigenvalue weighted by Gasteiger charge is 2.20. The van der Waals surface area contributed by atoms with Crippen LogP contribution in [0.5, 0.6) is 0 Å². The Labute approximate surface area is 98.9 Å². The monoisotopic (exact) mass is 230 g/mol. The molecule has 0 aromatic heterocycles. The zero-order valence-electron chi connectivity index (χ0n) is 11.0. The van der Waals surface area contributed by atoms with E-state index in [0.717, 1.165) is 12.8 Å². The zero-order valence-corrected chi connectivity index (χ0v) is 11.0. The Morgan fingerprint density at radius 1 is 1.50 bits per heavy atom. The van der Waals surface area contributed by atoms with E-state index in [1.54, 1.807) is 0 Å². The van der Waals surface area contributed by atoms with Crippen molar-refractivity contribution in [2.24, 2.45) is 11.7 Å². The van der Waals surface area contributed by atoms with Gasteiger partial charge < -0.3 is 15.8 Å². The fourth-order valence-electron chi connectivity index (χ4n) is 1.47. The molecule has 3 N–H and O–H groups in total. The lowest BCUT2D eigenvalue weighted by Gasteiger charge is -2.25. The number of carbonyl (C=O) groups excluding carboxylic acids is 1. The Balaban J connectivity index is 3.87. The Morgan fingerprint density at radius 2 is 2.12 bits per heavy atom. The number of hydrogen-bond donors (Lipinski definition) is 2. The van der Waals surface area contributed by atoms with E-state index in [9.17, 15) is 4.79 Å². The number of nitrogens with one attached hydrogen (secondary N) is 1. The summed E-state index contributed by atoms with van der Waals surface area (Å²) in [5.41, 5.74) is 5.11. The summed E-state index contributed by atoms with van der Waals surface area (Å²) in [6.45, 7) is 9.68. The minimum atomic E-state index is -0.294. The van der Waals surface area contributed by atoms with Gasteiger partial charge in [-0.15, -0.1) is 0 Å². The van der Waals surface area contributed by atoms with Crippen molar-refractivity contribution < 1.29 is 9.53 Å². The normalized spacial score (nSPS) is 13.6. The molecule has 1 unspecified atom stereocenters. The molecule has 4 heteroatoms. The van der Waals surface area contributed by atoms with E-state index in [1.807, 2.05) is 27.7 Å². The maximum atomic E-state index is 11.7. The van der Waals surface area contributed by atoms with Crippen molar-refractivity contribution in [3.05, 3.63) is 0 Å². The van der Waals surface area contributed by atoms with E-state index >= 15 is 0 Å². The van der Waals surface area contributed by atoms with Crippen molar-refractivity contribution in [3.63, 3.8) is 0 Å². The largest absolute Gasteiger partial charge is 0.374 e. The van der Waals surface area contributed by atoms with E-state index in [-0.39, 0.29) is 17.4 Å². The van der Waals surface area contributed by atoms with E-state index in [1.165, 1.54) is 0 Å². The van der Waals surface area contributed by atoms with Gasteiger partial charge in [0.15, 0.2) is 0 Å². The lowest BCUT2D eigenvalue weighted by molar-refractivity contribution is -0.126. The molecular formula is C12H26N2O2. The molecule has 0 spiro atoms. The molecule has 0 aliphatic carbocycles. The van der Waals surface area contributed by atoms with Crippen LogP contribution < -0.4 is 11.1 Å². The first-order valence-electron chi connectivity index (χ1n) is 6.04. The molecule has 0 saturated heterocycles. The third-order valence-electron chi connectivity index (χ3n) is 2.51. The average molecular weight is 230 g/mol. The second-order valence-electron chi connectivity index (χ2n) is 4.74. The van der Waals surface area contributed by atoms with Crippen LogP contribution in [0, 0.1) is 5.92 Å². The highest BCUT2D eigenvalue weighted by Crippen LogP contribution is 2.09. The molecule has 1 atom stereocenters. The Hall–Kier alpha value is -0.610. The smallest absolute Gasteiger partial charge is 0.222 e. The van der Waals surface area contributed by atoms with Gasteiger partial charge in [-0.1, -0.05) is 6.92 Å². The number of nitrogens with two attached hydrogens (primary N) is 1. The van der Waals surface area contributed by atoms with Crippen LogP contribution in [-0.2, 0) is 9.53 Å². The average Bonchev–Trinajstić information content (AvgIpc) is 2.22. The molecule has 0 aliphatic rings. The van der Waals surface area contributed by atoms with Gasteiger partial charge in [0.05, 0.1) is 5.60 Å². The predicted octanol–water partition coefficient (Wildman–Crippen LogP) is 1.29. The standard InChI is InChI=1S/C12H26N2O2/c1-5-16-12(3,4)9-14-11(15)10(2)7-6-8-13/h10H,5-9,13H2,1-4H3,(H,14,15). The van der Waals surface area contributed by atoms with Gasteiger partial charge in [0, 0.05) is 19.1 Å². The lowest BCUT2D eigenvalue weighted by atomic mass is 10.0. The van der Waals surface area contributed by atoms with Crippen molar-refractivity contribution >= 4 is 5.91 Å². The van der Waals surface area contributed by atoms with Crippen LogP contribution in [0.2, 0.25) is 0 Å². The summed E-state index contributed by atoms with van der Waals surface area (Å²) in [6, 6.07) is 0. The van der Waals surface area contributed by atoms with Gasteiger partial charge in [0.25, 0.3) is 0 Å². The summed E-state index contributed by atoms with van der Waals surface area (Å²) in [4.78, 5) is 11.7. The van der Waals surface area contributed by atoms with Crippen LogP contribution in [-0.4, -0.2) is 31.2 Å². The SMILES string of the molecule is CCOC(C)(C)CNC(=O)C(C)CCCN. The lowest BCUT2D eigenvalue weighted by Crippen LogP contribution is -2.42. The molecule has 0 fully saturated rings. The molecule has 0 aliphatic heterocycles. The Bertz CT molecular complexity index is 205. The molecule has 0 aromatic rings. The van der Waals surface area contributed by atoms with Gasteiger partial charge in [-0.3, -0.25) is 4.79 Å². The van der Waals surface area contributed by atoms with Crippen LogP contribution in [0.15, 0.2) is 0 Å². The third kappa shape index (κ3) is 6.80. The van der Waals surface area contributed by atoms with Crippen LogP contribution in [0.25, 0.3) is 0 Å². The maximum Gasteiger partial charge on any atom is 0.222 e. The first kappa shape index (κ1) is 15.4. The molecule has 96 valence electrons. The molecule has 0 aromatic carbocycles. The third-order valence-corrected chi connectivity index (χ3v) is 2.51. The van der Waals surface area contributed by atoms with Crippen molar-refractivity contribution in [3.8, 4) is 0 Å². The van der Waals surface area contributed by atoms with E-state index in [2.05, 4.69) is 5.32 Å². The highest BCUT2D eigenvalue weighted by molar-refractivity contribution is 5.78.